The predicted octanol–water partition coefficient (Wildman–Crippen LogP) is 4.08. The molecule has 32 heavy (non-hydrogen) atoms. The molecule has 2 atom stereocenters. The highest BCUT2D eigenvalue weighted by Crippen LogP contribution is 2.43. The second-order valence-electron chi connectivity index (χ2n) is 10.3. The van der Waals surface area contributed by atoms with Crippen molar-refractivity contribution in [3.8, 4) is 11.8 Å². The quantitative estimate of drug-likeness (QED) is 0.745. The Morgan fingerprint density at radius 2 is 2.00 bits per heavy atom. The van der Waals surface area contributed by atoms with Gasteiger partial charge >= 0.3 is 0 Å². The first-order valence-electron chi connectivity index (χ1n) is 12.0. The van der Waals surface area contributed by atoms with E-state index in [1.54, 1.807) is 0 Å². The first-order chi connectivity index (χ1) is 15.4. The smallest absolute Gasteiger partial charge is 0.249 e. The van der Waals surface area contributed by atoms with Gasteiger partial charge in [-0.15, -0.1) is 0 Å². The van der Waals surface area contributed by atoms with Crippen LogP contribution in [-0.4, -0.2) is 49.0 Å². The van der Waals surface area contributed by atoms with E-state index in [4.69, 9.17) is 4.74 Å². The van der Waals surface area contributed by atoms with Gasteiger partial charge in [-0.3, -0.25) is 4.79 Å². The van der Waals surface area contributed by atoms with Gasteiger partial charge < -0.3 is 15.0 Å². The third kappa shape index (κ3) is 4.47. The Morgan fingerprint density at radius 3 is 2.72 bits per heavy atom. The zero-order valence-electron chi connectivity index (χ0n) is 18.4. The first kappa shape index (κ1) is 21.6. The van der Waals surface area contributed by atoms with E-state index in [1.807, 2.05) is 18.2 Å². The molecule has 0 aromatic heterocycles. The molecule has 172 valence electrons. The lowest BCUT2D eigenvalue weighted by molar-refractivity contribution is -0.151. The van der Waals surface area contributed by atoms with E-state index in [0.717, 1.165) is 64.1 Å². The lowest BCUT2D eigenvalue weighted by Gasteiger charge is -2.36. The SMILES string of the molecule is N#Cc1ccc2c(c1)[C@@H]1CN(CCC3CCC(NC(=O)C4CC(F)(F)C4)CC3)C[C@H]1CO2. The summed E-state index contributed by atoms with van der Waals surface area (Å²) in [4.78, 5) is 14.7. The number of alkyl halides is 2. The van der Waals surface area contributed by atoms with Gasteiger partial charge in [0.05, 0.1) is 18.2 Å². The van der Waals surface area contributed by atoms with E-state index in [0.29, 0.717) is 23.3 Å². The van der Waals surface area contributed by atoms with E-state index in [1.165, 1.54) is 5.56 Å². The Morgan fingerprint density at radius 1 is 1.22 bits per heavy atom. The van der Waals surface area contributed by atoms with Gasteiger partial charge in [0.15, 0.2) is 0 Å². The second kappa shape index (κ2) is 8.62. The molecule has 2 aliphatic heterocycles. The van der Waals surface area contributed by atoms with E-state index in [-0.39, 0.29) is 24.8 Å². The minimum Gasteiger partial charge on any atom is -0.493 e. The van der Waals surface area contributed by atoms with E-state index < -0.39 is 11.8 Å². The number of likely N-dealkylation sites (tertiary alicyclic amines) is 1. The van der Waals surface area contributed by atoms with Crippen molar-refractivity contribution < 1.29 is 18.3 Å². The summed E-state index contributed by atoms with van der Waals surface area (Å²) < 4.78 is 31.9. The van der Waals surface area contributed by atoms with Gasteiger partial charge in [-0.25, -0.2) is 8.78 Å². The minimum absolute atomic E-state index is 0.144. The van der Waals surface area contributed by atoms with Crippen LogP contribution >= 0.6 is 0 Å². The Kier molecular flexibility index (Phi) is 5.83. The summed E-state index contributed by atoms with van der Waals surface area (Å²) in [6.45, 7) is 3.88. The Balaban J connectivity index is 1.06. The fraction of sp³-hybridized carbons (Fsp3) is 0.680. The number of ether oxygens (including phenoxy) is 1. The van der Waals surface area contributed by atoms with Crippen LogP contribution in [0.4, 0.5) is 8.78 Å². The number of nitrogens with one attached hydrogen (secondary N) is 1. The van der Waals surface area contributed by atoms with Crippen molar-refractivity contribution in [2.24, 2.45) is 17.8 Å². The molecule has 1 amide bonds. The fourth-order valence-corrected chi connectivity index (χ4v) is 6.03. The zero-order valence-corrected chi connectivity index (χ0v) is 18.4. The molecule has 4 aliphatic rings. The normalized spacial score (nSPS) is 31.5. The molecule has 0 radical (unpaired) electrons. The molecule has 2 aliphatic carbocycles. The molecule has 1 aromatic carbocycles. The van der Waals surface area contributed by atoms with Crippen LogP contribution in [0.25, 0.3) is 0 Å². The Labute approximate surface area is 188 Å². The van der Waals surface area contributed by atoms with Gasteiger partial charge in [-0.2, -0.15) is 5.26 Å². The number of halogens is 2. The molecule has 5 nitrogen and oxygen atoms in total. The number of rotatable bonds is 5. The number of hydrogen-bond donors (Lipinski definition) is 1. The lowest BCUT2D eigenvalue weighted by atomic mass is 9.79. The van der Waals surface area contributed by atoms with Crippen molar-refractivity contribution >= 4 is 5.91 Å². The standard InChI is InChI=1S/C25H31F2N3O2/c26-25(27)10-18(11-25)24(31)29-20-4-1-16(2-5-20)7-8-30-13-19-15-32-23-6-3-17(12-28)9-21(23)22(19)14-30/h3,6,9,16,18-20,22H,1-2,4-5,7-8,10-11,13-15H2,(H,29,31)/t16?,19-,20?,22+/m0/s1. The zero-order chi connectivity index (χ0) is 22.3. The van der Waals surface area contributed by atoms with Crippen molar-refractivity contribution in [3.63, 3.8) is 0 Å². The maximum Gasteiger partial charge on any atom is 0.249 e. The molecular formula is C25H31F2N3O2. The highest BCUT2D eigenvalue weighted by atomic mass is 19.3. The number of carbonyl (C=O) groups is 1. The average molecular weight is 444 g/mol. The molecule has 5 rings (SSSR count). The van der Waals surface area contributed by atoms with E-state index in [9.17, 15) is 18.8 Å². The van der Waals surface area contributed by atoms with Crippen LogP contribution in [0.3, 0.4) is 0 Å². The summed E-state index contributed by atoms with van der Waals surface area (Å²) in [6.07, 6.45) is 4.64. The summed E-state index contributed by atoms with van der Waals surface area (Å²) in [5, 5.41) is 12.2. The summed E-state index contributed by atoms with van der Waals surface area (Å²) in [5.74, 6) is -0.802. The average Bonchev–Trinajstić information content (AvgIpc) is 3.20. The molecule has 3 fully saturated rings. The van der Waals surface area contributed by atoms with Gasteiger partial charge in [0.1, 0.15) is 5.75 Å². The van der Waals surface area contributed by atoms with Crippen LogP contribution in [0, 0.1) is 29.1 Å². The summed E-state index contributed by atoms with van der Waals surface area (Å²) >= 11 is 0. The van der Waals surface area contributed by atoms with Crippen LogP contribution < -0.4 is 10.1 Å². The fourth-order valence-electron chi connectivity index (χ4n) is 6.03. The highest BCUT2D eigenvalue weighted by Gasteiger charge is 2.49. The molecular weight excluding hydrogens is 412 g/mol. The van der Waals surface area contributed by atoms with Gasteiger partial charge in [0.25, 0.3) is 0 Å². The number of carbonyl (C=O) groups excluding carboxylic acids is 1. The topological polar surface area (TPSA) is 65.4 Å². The van der Waals surface area contributed by atoms with Crippen LogP contribution in [0.1, 0.15) is 62.0 Å². The van der Waals surface area contributed by atoms with Gasteiger partial charge in [-0.05, 0) is 62.8 Å². The predicted molar refractivity (Wildman–Crippen MR) is 115 cm³/mol. The summed E-state index contributed by atoms with van der Waals surface area (Å²) in [7, 11) is 0. The molecule has 0 spiro atoms. The Hall–Kier alpha value is -2.20. The van der Waals surface area contributed by atoms with Crippen LogP contribution in [0.15, 0.2) is 18.2 Å². The van der Waals surface area contributed by atoms with E-state index in [2.05, 4.69) is 16.3 Å². The summed E-state index contributed by atoms with van der Waals surface area (Å²) in [5.41, 5.74) is 1.88. The first-order valence-corrected chi connectivity index (χ1v) is 12.0. The number of fused-ring (bicyclic) bond motifs is 3. The van der Waals surface area contributed by atoms with Gasteiger partial charge in [-0.1, -0.05) is 0 Å². The molecule has 7 heteroatoms. The molecule has 0 bridgehead atoms. The molecule has 1 N–H and O–H groups in total. The molecule has 2 saturated carbocycles. The van der Waals surface area contributed by atoms with Gasteiger partial charge in [0, 0.05) is 55.3 Å². The van der Waals surface area contributed by atoms with Crippen molar-refractivity contribution in [1.82, 2.24) is 10.2 Å². The maximum absolute atomic E-state index is 13.0. The van der Waals surface area contributed by atoms with E-state index >= 15 is 0 Å². The maximum atomic E-state index is 13.0. The van der Waals surface area contributed by atoms with Crippen molar-refractivity contribution in [1.29, 1.82) is 5.26 Å². The number of nitrogens with zero attached hydrogens (tertiary/aromatic N) is 2. The van der Waals surface area contributed by atoms with Crippen molar-refractivity contribution in [2.75, 3.05) is 26.2 Å². The minimum atomic E-state index is -2.64. The molecule has 1 aromatic rings. The lowest BCUT2D eigenvalue weighted by Crippen LogP contribution is -2.48. The number of nitriles is 1. The van der Waals surface area contributed by atoms with Crippen molar-refractivity contribution in [3.05, 3.63) is 29.3 Å². The Bertz CT molecular complexity index is 899. The number of hydrogen-bond acceptors (Lipinski definition) is 4. The van der Waals surface area contributed by atoms with Crippen LogP contribution in [0.5, 0.6) is 5.75 Å². The third-order valence-electron chi connectivity index (χ3n) is 8.02. The highest BCUT2D eigenvalue weighted by molar-refractivity contribution is 5.80. The van der Waals surface area contributed by atoms with Crippen molar-refractivity contribution in [2.45, 2.75) is 62.8 Å². The third-order valence-corrected chi connectivity index (χ3v) is 8.02. The molecule has 0 unspecified atom stereocenters. The van der Waals surface area contributed by atoms with Gasteiger partial charge in [0.2, 0.25) is 11.8 Å². The van der Waals surface area contributed by atoms with Crippen LogP contribution in [-0.2, 0) is 4.79 Å². The second-order valence-corrected chi connectivity index (χ2v) is 10.3. The number of benzene rings is 1. The largest absolute Gasteiger partial charge is 0.493 e. The summed E-state index contributed by atoms with van der Waals surface area (Å²) in [6, 6.07) is 8.14. The number of amides is 1. The molecule has 1 saturated heterocycles. The van der Waals surface area contributed by atoms with Crippen LogP contribution in [0.2, 0.25) is 0 Å². The molecule has 2 heterocycles. The monoisotopic (exact) mass is 443 g/mol.